The molecule has 0 saturated heterocycles. The molecule has 0 bridgehead atoms. The molecule has 0 aromatic heterocycles. The maximum absolute atomic E-state index is 5.65. The summed E-state index contributed by atoms with van der Waals surface area (Å²) in [5, 5.41) is 0. The fourth-order valence-corrected chi connectivity index (χ4v) is 12.4. The maximum Gasteiger partial charge on any atom is 3.00 e. The van der Waals surface area contributed by atoms with Crippen LogP contribution in [0.1, 0.15) is 85.0 Å². The van der Waals surface area contributed by atoms with Gasteiger partial charge in [-0.15, -0.1) is 13.0 Å². The smallest absolute Gasteiger partial charge is 0.662 e. The molecule has 4 saturated carbocycles. The fraction of sp³-hybridized carbons (Fsp3) is 0.821. The number of nitrogens with zero attached hydrogens (tertiary/aromatic N) is 1. The average molecular weight is 477 g/mol. The van der Waals surface area contributed by atoms with Crippen molar-refractivity contribution in [3.63, 3.8) is 0 Å². The van der Waals surface area contributed by atoms with E-state index < -0.39 is 8.24 Å². The van der Waals surface area contributed by atoms with Crippen molar-refractivity contribution < 1.29 is 21.7 Å². The molecule has 0 aliphatic heterocycles. The number of rotatable bonds is 4. The normalized spacial score (nSPS) is 37.6. The standard InChI is InChI=1S/C22H40NSi.C5H7.CH3.Ti/c1-15-16(2)22(24(3,4)23-19-11-6-5-7-12-19)21-14-18-10-8-9-17(18)13-20(15)21;1-3-5-4-2;;/h15-22H,5-14H2,1-4H3;4-5H,1H2,2H3;1H3;/q3*-1;+3/b;5-4+;;. The van der Waals surface area contributed by atoms with Crippen molar-refractivity contribution in [1.82, 2.24) is 0 Å². The zero-order valence-corrected chi connectivity index (χ0v) is 24.1. The van der Waals surface area contributed by atoms with Gasteiger partial charge in [-0.3, -0.25) is 6.08 Å². The van der Waals surface area contributed by atoms with Gasteiger partial charge >= 0.3 is 21.7 Å². The Morgan fingerprint density at radius 3 is 1.97 bits per heavy atom. The minimum atomic E-state index is -1.49. The summed E-state index contributed by atoms with van der Waals surface area (Å²) in [6.07, 6.45) is 21.1. The summed E-state index contributed by atoms with van der Waals surface area (Å²) in [5.74, 6) is 6.13. The first-order valence-electron chi connectivity index (χ1n) is 12.7. The van der Waals surface area contributed by atoms with E-state index in [9.17, 15) is 0 Å². The van der Waals surface area contributed by atoms with Crippen LogP contribution in [0.2, 0.25) is 18.6 Å². The van der Waals surface area contributed by atoms with Crippen molar-refractivity contribution >= 4 is 8.24 Å². The summed E-state index contributed by atoms with van der Waals surface area (Å²) < 4.78 is 0. The van der Waals surface area contributed by atoms with E-state index in [2.05, 4.69) is 39.6 Å². The Kier molecular flexibility index (Phi) is 12.6. The van der Waals surface area contributed by atoms with Crippen LogP contribution >= 0.6 is 0 Å². The van der Waals surface area contributed by atoms with Crippen molar-refractivity contribution in [3.05, 3.63) is 37.2 Å². The topological polar surface area (TPSA) is 14.1 Å². The van der Waals surface area contributed by atoms with E-state index in [-0.39, 0.29) is 29.1 Å². The van der Waals surface area contributed by atoms with Crippen LogP contribution in [0.4, 0.5) is 0 Å². The molecule has 0 aromatic carbocycles. The predicted molar refractivity (Wildman–Crippen MR) is 137 cm³/mol. The molecule has 0 N–H and O–H groups in total. The molecular formula is C28H50NSiTi. The van der Waals surface area contributed by atoms with Crippen LogP contribution in [0.15, 0.2) is 18.7 Å². The van der Waals surface area contributed by atoms with Gasteiger partial charge in [0.1, 0.15) is 0 Å². The first-order chi connectivity index (χ1) is 13.9. The van der Waals surface area contributed by atoms with Crippen LogP contribution in [0.25, 0.3) is 4.98 Å². The third-order valence-electron chi connectivity index (χ3n) is 9.24. The third kappa shape index (κ3) is 6.94. The molecule has 0 amide bonds. The number of hydrogen-bond acceptors (Lipinski definition) is 0. The minimum absolute atomic E-state index is 0. The maximum atomic E-state index is 5.65. The zero-order chi connectivity index (χ0) is 21.0. The quantitative estimate of drug-likeness (QED) is 0.218. The molecule has 4 rings (SSSR count). The second kappa shape index (κ2) is 13.3. The van der Waals surface area contributed by atoms with Gasteiger partial charge in [0.15, 0.2) is 0 Å². The molecule has 0 spiro atoms. The van der Waals surface area contributed by atoms with Crippen LogP contribution in [0, 0.1) is 49.0 Å². The second-order valence-corrected chi connectivity index (χ2v) is 15.5. The molecule has 0 aromatic rings. The molecule has 0 heterocycles. The molecule has 31 heavy (non-hydrogen) atoms. The summed E-state index contributed by atoms with van der Waals surface area (Å²) in [4.78, 5) is 5.65. The molecule has 7 unspecified atom stereocenters. The Balaban J connectivity index is 0.000000622. The Bertz CT molecular complexity index is 553. The van der Waals surface area contributed by atoms with Crippen LogP contribution in [-0.4, -0.2) is 14.3 Å². The zero-order valence-electron chi connectivity index (χ0n) is 21.5. The molecule has 1 radical (unpaired) electrons. The summed E-state index contributed by atoms with van der Waals surface area (Å²) >= 11 is 0. The largest absolute Gasteiger partial charge is 3.00 e. The third-order valence-corrected chi connectivity index (χ3v) is 12.9. The van der Waals surface area contributed by atoms with Crippen molar-refractivity contribution in [1.29, 1.82) is 0 Å². The molecule has 3 heteroatoms. The molecule has 1 nitrogen and oxygen atoms in total. The van der Waals surface area contributed by atoms with Crippen molar-refractivity contribution in [3.8, 4) is 0 Å². The molecular weight excluding hydrogens is 426 g/mol. The van der Waals surface area contributed by atoms with E-state index >= 15 is 0 Å². The summed E-state index contributed by atoms with van der Waals surface area (Å²) in [6, 6.07) is 0.727. The summed E-state index contributed by atoms with van der Waals surface area (Å²) in [6.45, 7) is 15.7. The average Bonchev–Trinajstić information content (AvgIpc) is 3.24. The Hall–Kier alpha value is 0.371. The van der Waals surface area contributed by atoms with Gasteiger partial charge in [0.05, 0.1) is 0 Å². The van der Waals surface area contributed by atoms with Crippen LogP contribution in [0.5, 0.6) is 0 Å². The van der Waals surface area contributed by atoms with E-state index in [0.717, 1.165) is 47.1 Å². The molecule has 4 aliphatic rings. The van der Waals surface area contributed by atoms with Crippen LogP contribution in [-0.2, 0) is 21.7 Å². The van der Waals surface area contributed by atoms with Gasteiger partial charge in [-0.25, -0.2) is 12.2 Å². The van der Waals surface area contributed by atoms with Crippen LogP contribution < -0.4 is 0 Å². The number of allylic oxidation sites excluding steroid dienone is 3. The van der Waals surface area contributed by atoms with E-state index in [0.29, 0.717) is 0 Å². The first-order valence-corrected chi connectivity index (χ1v) is 15.8. The summed E-state index contributed by atoms with van der Waals surface area (Å²) in [5.41, 5.74) is 0.973. The molecule has 4 aliphatic carbocycles. The van der Waals surface area contributed by atoms with E-state index in [1.807, 2.05) is 13.0 Å². The Morgan fingerprint density at radius 1 is 0.871 bits per heavy atom. The van der Waals surface area contributed by atoms with Gasteiger partial charge in [-0.05, 0) is 48.3 Å². The van der Waals surface area contributed by atoms with Crippen LogP contribution in [0.3, 0.4) is 0 Å². The summed E-state index contributed by atoms with van der Waals surface area (Å²) in [7, 11) is -1.49. The van der Waals surface area contributed by atoms with Gasteiger partial charge in [0.25, 0.3) is 0 Å². The molecule has 175 valence electrons. The van der Waals surface area contributed by atoms with Gasteiger partial charge in [-0.2, -0.15) is 6.58 Å². The SMILES string of the molecule is C=[C-]/C=C/C.CC1C(C)C([Si](C)(C)[N-]C2CCCCC2)C2CC3CCCC3CC12.[CH3-].[Ti+3]. The predicted octanol–water partition coefficient (Wildman–Crippen LogP) is 9.00. The first kappa shape index (κ1) is 29.4. The Labute approximate surface area is 211 Å². The molecule has 7 atom stereocenters. The second-order valence-electron chi connectivity index (χ2n) is 11.3. The van der Waals surface area contributed by atoms with E-state index in [1.165, 1.54) is 38.5 Å². The van der Waals surface area contributed by atoms with Gasteiger partial charge in [0, 0.05) is 0 Å². The number of hydrogen-bond donors (Lipinski definition) is 0. The van der Waals surface area contributed by atoms with Gasteiger partial charge in [0.2, 0.25) is 0 Å². The monoisotopic (exact) mass is 476 g/mol. The van der Waals surface area contributed by atoms with Gasteiger partial charge in [-0.1, -0.05) is 92.1 Å². The van der Waals surface area contributed by atoms with Gasteiger partial charge < -0.3 is 12.4 Å². The molecule has 4 fully saturated rings. The van der Waals surface area contributed by atoms with Crippen molar-refractivity contribution in [2.45, 2.75) is 110 Å². The number of fused-ring (bicyclic) bond motifs is 2. The van der Waals surface area contributed by atoms with E-state index in [1.54, 1.807) is 31.8 Å². The minimum Gasteiger partial charge on any atom is -0.662 e. The fourth-order valence-electron chi connectivity index (χ4n) is 7.96. The Morgan fingerprint density at radius 2 is 1.45 bits per heavy atom. The van der Waals surface area contributed by atoms with E-state index in [4.69, 9.17) is 4.98 Å². The van der Waals surface area contributed by atoms with Crippen molar-refractivity contribution in [2.24, 2.45) is 35.5 Å². The van der Waals surface area contributed by atoms with Crippen molar-refractivity contribution in [2.75, 3.05) is 0 Å².